The van der Waals surface area contributed by atoms with E-state index in [9.17, 15) is 4.79 Å². The lowest BCUT2D eigenvalue weighted by molar-refractivity contribution is -0.127. The molecular formula is C14H20N2O2. The minimum absolute atomic E-state index is 0.0156. The maximum Gasteiger partial charge on any atom is 0.236 e. The Morgan fingerprint density at radius 1 is 1.50 bits per heavy atom. The lowest BCUT2D eigenvalue weighted by atomic mass is 9.84. The highest BCUT2D eigenvalue weighted by Gasteiger charge is 2.46. The Hall–Kier alpha value is -1.39. The van der Waals surface area contributed by atoms with E-state index in [1.165, 1.54) is 0 Å². The zero-order valence-electron chi connectivity index (χ0n) is 11.1. The molecule has 4 heteroatoms. The predicted octanol–water partition coefficient (Wildman–Crippen LogP) is 1.32. The number of carbonyl (C=O) groups excluding carboxylic acids is 1. The molecule has 4 nitrogen and oxygen atoms in total. The smallest absolute Gasteiger partial charge is 0.236 e. The molecule has 0 bridgehead atoms. The summed E-state index contributed by atoms with van der Waals surface area (Å²) in [5.74, 6) is 0.0156. The van der Waals surface area contributed by atoms with E-state index >= 15 is 0 Å². The maximum atomic E-state index is 12.6. The van der Waals surface area contributed by atoms with Gasteiger partial charge in [-0.05, 0) is 25.5 Å². The molecular weight excluding hydrogens is 228 g/mol. The van der Waals surface area contributed by atoms with Gasteiger partial charge in [-0.25, -0.2) is 0 Å². The van der Waals surface area contributed by atoms with E-state index in [0.717, 1.165) is 11.3 Å². The van der Waals surface area contributed by atoms with Crippen LogP contribution in [0.3, 0.4) is 0 Å². The van der Waals surface area contributed by atoms with Crippen molar-refractivity contribution in [1.29, 1.82) is 0 Å². The Labute approximate surface area is 108 Å². The van der Waals surface area contributed by atoms with Crippen LogP contribution in [-0.4, -0.2) is 32.2 Å². The van der Waals surface area contributed by atoms with Crippen LogP contribution in [0.25, 0.3) is 0 Å². The number of nitrogens with two attached hydrogens (primary N) is 1. The highest BCUT2D eigenvalue weighted by molar-refractivity contribution is 5.98. The number of amides is 1. The van der Waals surface area contributed by atoms with Gasteiger partial charge in [0.2, 0.25) is 5.91 Å². The zero-order chi connectivity index (χ0) is 13.3. The van der Waals surface area contributed by atoms with Crippen molar-refractivity contribution in [1.82, 2.24) is 0 Å². The second kappa shape index (κ2) is 4.71. The Bertz CT molecular complexity index is 461. The van der Waals surface area contributed by atoms with E-state index in [2.05, 4.69) is 0 Å². The van der Waals surface area contributed by atoms with E-state index in [1.807, 2.05) is 38.1 Å². The first-order valence-corrected chi connectivity index (χ1v) is 6.14. The van der Waals surface area contributed by atoms with Crippen LogP contribution in [0.2, 0.25) is 0 Å². The highest BCUT2D eigenvalue weighted by atomic mass is 16.5. The van der Waals surface area contributed by atoms with Gasteiger partial charge in [-0.15, -0.1) is 0 Å². The monoisotopic (exact) mass is 248 g/mol. The van der Waals surface area contributed by atoms with Crippen LogP contribution in [-0.2, 0) is 9.53 Å². The number of carbonyl (C=O) groups is 1. The molecule has 1 aromatic rings. The van der Waals surface area contributed by atoms with Gasteiger partial charge in [0.05, 0.1) is 18.6 Å². The quantitative estimate of drug-likeness (QED) is 0.859. The summed E-state index contributed by atoms with van der Waals surface area (Å²) in [7, 11) is 1.79. The van der Waals surface area contributed by atoms with Gasteiger partial charge >= 0.3 is 0 Å². The Balaban J connectivity index is 2.27. The first-order valence-electron chi connectivity index (χ1n) is 6.14. The molecule has 1 aliphatic heterocycles. The zero-order valence-corrected chi connectivity index (χ0v) is 11.1. The van der Waals surface area contributed by atoms with Gasteiger partial charge in [0.25, 0.3) is 0 Å². The van der Waals surface area contributed by atoms with Crippen molar-refractivity contribution in [2.75, 3.05) is 25.2 Å². The van der Waals surface area contributed by atoms with Crippen molar-refractivity contribution in [3.63, 3.8) is 0 Å². The second-order valence-electron chi connectivity index (χ2n) is 5.19. The van der Waals surface area contributed by atoms with Crippen molar-refractivity contribution < 1.29 is 9.53 Å². The van der Waals surface area contributed by atoms with Crippen molar-refractivity contribution in [3.8, 4) is 0 Å². The third kappa shape index (κ3) is 2.02. The van der Waals surface area contributed by atoms with Crippen LogP contribution in [0.15, 0.2) is 24.3 Å². The number of hydrogen-bond acceptors (Lipinski definition) is 3. The lowest BCUT2D eigenvalue weighted by Gasteiger charge is -2.31. The average molecular weight is 248 g/mol. The number of benzene rings is 1. The maximum absolute atomic E-state index is 12.6. The van der Waals surface area contributed by atoms with Gasteiger partial charge in [-0.2, -0.15) is 0 Å². The number of aryl methyl sites for hydroxylation is 1. The fourth-order valence-electron chi connectivity index (χ4n) is 2.34. The average Bonchev–Trinajstić information content (AvgIpc) is 2.70. The van der Waals surface area contributed by atoms with E-state index in [-0.39, 0.29) is 11.9 Å². The normalized spacial score (nSPS) is 27.2. The molecule has 0 saturated carbocycles. The SMILES string of the molecule is Cc1ccccc1N(C)C(=O)C1(C)COCC1N. The Morgan fingerprint density at radius 3 is 2.72 bits per heavy atom. The molecule has 1 heterocycles. The number of ether oxygens (including phenoxy) is 1. The molecule has 0 aliphatic carbocycles. The Morgan fingerprint density at radius 2 is 2.17 bits per heavy atom. The van der Waals surface area contributed by atoms with E-state index in [0.29, 0.717) is 13.2 Å². The summed E-state index contributed by atoms with van der Waals surface area (Å²) in [5, 5.41) is 0. The van der Waals surface area contributed by atoms with Crippen molar-refractivity contribution in [2.45, 2.75) is 19.9 Å². The third-order valence-corrected chi connectivity index (χ3v) is 3.79. The van der Waals surface area contributed by atoms with Crippen LogP contribution >= 0.6 is 0 Å². The van der Waals surface area contributed by atoms with Crippen molar-refractivity contribution in [2.24, 2.45) is 11.1 Å². The molecule has 2 unspecified atom stereocenters. The number of anilines is 1. The summed E-state index contributed by atoms with van der Waals surface area (Å²) >= 11 is 0. The van der Waals surface area contributed by atoms with Crippen LogP contribution in [0.1, 0.15) is 12.5 Å². The third-order valence-electron chi connectivity index (χ3n) is 3.79. The number of nitrogens with zero attached hydrogens (tertiary/aromatic N) is 1. The van der Waals surface area contributed by atoms with E-state index in [1.54, 1.807) is 11.9 Å². The molecule has 1 aliphatic rings. The van der Waals surface area contributed by atoms with Gasteiger partial charge in [-0.1, -0.05) is 18.2 Å². The van der Waals surface area contributed by atoms with Crippen LogP contribution in [0.4, 0.5) is 5.69 Å². The lowest BCUT2D eigenvalue weighted by Crippen LogP contribution is -2.50. The summed E-state index contributed by atoms with van der Waals surface area (Å²) in [6.07, 6.45) is 0. The standard InChI is InChI=1S/C14H20N2O2/c1-10-6-4-5-7-11(10)16(3)13(17)14(2)9-18-8-12(14)15/h4-7,12H,8-9,15H2,1-3H3. The predicted molar refractivity (Wildman–Crippen MR) is 71.5 cm³/mol. The molecule has 18 heavy (non-hydrogen) atoms. The molecule has 98 valence electrons. The summed E-state index contributed by atoms with van der Waals surface area (Å²) in [5.41, 5.74) is 7.36. The van der Waals surface area contributed by atoms with E-state index in [4.69, 9.17) is 10.5 Å². The molecule has 1 fully saturated rings. The van der Waals surface area contributed by atoms with Gasteiger partial charge in [0, 0.05) is 18.8 Å². The summed E-state index contributed by atoms with van der Waals surface area (Å²) in [6, 6.07) is 7.59. The minimum atomic E-state index is -0.628. The molecule has 2 rings (SSSR count). The number of hydrogen-bond donors (Lipinski definition) is 1. The van der Waals surface area contributed by atoms with Gasteiger partial charge in [0.1, 0.15) is 0 Å². The topological polar surface area (TPSA) is 55.6 Å². The second-order valence-corrected chi connectivity index (χ2v) is 5.19. The first kappa shape index (κ1) is 13.1. The molecule has 1 saturated heterocycles. The minimum Gasteiger partial charge on any atom is -0.379 e. The summed E-state index contributed by atoms with van der Waals surface area (Å²) in [4.78, 5) is 14.3. The summed E-state index contributed by atoms with van der Waals surface area (Å²) in [6.45, 7) is 4.71. The Kier molecular flexibility index (Phi) is 3.41. The number of para-hydroxylation sites is 1. The summed E-state index contributed by atoms with van der Waals surface area (Å²) < 4.78 is 5.34. The molecule has 1 aromatic carbocycles. The molecule has 0 radical (unpaired) electrons. The van der Waals surface area contributed by atoms with Gasteiger partial charge in [-0.3, -0.25) is 4.79 Å². The van der Waals surface area contributed by atoms with Crippen LogP contribution in [0.5, 0.6) is 0 Å². The fourth-order valence-corrected chi connectivity index (χ4v) is 2.34. The van der Waals surface area contributed by atoms with Gasteiger partial charge in [0.15, 0.2) is 0 Å². The molecule has 2 N–H and O–H groups in total. The fraction of sp³-hybridized carbons (Fsp3) is 0.500. The number of rotatable bonds is 2. The van der Waals surface area contributed by atoms with E-state index < -0.39 is 5.41 Å². The molecule has 0 spiro atoms. The largest absolute Gasteiger partial charge is 0.379 e. The molecule has 0 aromatic heterocycles. The van der Waals surface area contributed by atoms with Crippen molar-refractivity contribution in [3.05, 3.63) is 29.8 Å². The van der Waals surface area contributed by atoms with Crippen LogP contribution < -0.4 is 10.6 Å². The van der Waals surface area contributed by atoms with Gasteiger partial charge < -0.3 is 15.4 Å². The van der Waals surface area contributed by atoms with Crippen LogP contribution in [0, 0.1) is 12.3 Å². The van der Waals surface area contributed by atoms with Crippen molar-refractivity contribution >= 4 is 11.6 Å². The highest BCUT2D eigenvalue weighted by Crippen LogP contribution is 2.31. The molecule has 2 atom stereocenters. The molecule has 1 amide bonds. The first-order chi connectivity index (χ1) is 8.47.